The molecule has 0 radical (unpaired) electrons. The van der Waals surface area contributed by atoms with E-state index in [4.69, 9.17) is 22.9 Å². The minimum Gasteiger partial charge on any atom is -0.389 e. The zero-order valence-electron chi connectivity index (χ0n) is 11.7. The highest BCUT2D eigenvalue weighted by Crippen LogP contribution is 2.21. The number of hydrogen-bond acceptors (Lipinski definition) is 5. The monoisotopic (exact) mass is 298 g/mol. The van der Waals surface area contributed by atoms with Crippen LogP contribution < -0.4 is 5.73 Å². The van der Waals surface area contributed by atoms with Gasteiger partial charge in [-0.15, -0.1) is 11.3 Å². The van der Waals surface area contributed by atoms with Crippen molar-refractivity contribution in [3.05, 3.63) is 15.6 Å². The van der Waals surface area contributed by atoms with Gasteiger partial charge in [-0.2, -0.15) is 0 Å². The number of likely N-dealkylation sites (N-methyl/N-ethyl adjacent to an activating group) is 1. The second-order valence-corrected chi connectivity index (χ2v) is 6.60. The number of thiocarbonyl (C=S) groups is 1. The number of piperazine rings is 1. The summed E-state index contributed by atoms with van der Waals surface area (Å²) in [5, 5.41) is 1.15. The van der Waals surface area contributed by atoms with Crippen molar-refractivity contribution in [3.63, 3.8) is 0 Å². The molecule has 0 saturated carbocycles. The van der Waals surface area contributed by atoms with Gasteiger partial charge in [0.25, 0.3) is 0 Å². The third-order valence-corrected chi connectivity index (χ3v) is 4.86. The van der Waals surface area contributed by atoms with Gasteiger partial charge in [-0.05, 0) is 13.5 Å². The summed E-state index contributed by atoms with van der Waals surface area (Å²) in [4.78, 5) is 11.1. The molecule has 0 atom stereocenters. The molecule has 0 spiro atoms. The van der Waals surface area contributed by atoms with Gasteiger partial charge in [-0.1, -0.05) is 25.6 Å². The second-order valence-electron chi connectivity index (χ2n) is 5.08. The van der Waals surface area contributed by atoms with Crippen LogP contribution in [0.15, 0.2) is 0 Å². The number of aromatic nitrogens is 1. The first-order valence-electron chi connectivity index (χ1n) is 6.79. The zero-order chi connectivity index (χ0) is 13.8. The summed E-state index contributed by atoms with van der Waals surface area (Å²) in [5.41, 5.74) is 6.88. The summed E-state index contributed by atoms with van der Waals surface area (Å²) in [6, 6.07) is 0. The summed E-state index contributed by atoms with van der Waals surface area (Å²) in [7, 11) is 2.17. The SMILES string of the molecule is CCCc1nc(CN2CCN(C)CC2)sc1C(N)=S. The van der Waals surface area contributed by atoms with Crippen molar-refractivity contribution in [3.8, 4) is 0 Å². The first-order valence-corrected chi connectivity index (χ1v) is 8.02. The lowest BCUT2D eigenvalue weighted by atomic mass is 10.2. The summed E-state index contributed by atoms with van der Waals surface area (Å²) in [6.07, 6.45) is 2.04. The average molecular weight is 298 g/mol. The Bertz CT molecular complexity index is 436. The Morgan fingerprint density at radius 1 is 1.37 bits per heavy atom. The van der Waals surface area contributed by atoms with E-state index >= 15 is 0 Å². The molecule has 1 aromatic rings. The summed E-state index contributed by atoms with van der Waals surface area (Å²) in [5.74, 6) is 0. The fourth-order valence-corrected chi connectivity index (χ4v) is 3.51. The van der Waals surface area contributed by atoms with Crippen LogP contribution in [-0.2, 0) is 13.0 Å². The molecule has 106 valence electrons. The molecule has 0 unspecified atom stereocenters. The van der Waals surface area contributed by atoms with Crippen LogP contribution >= 0.6 is 23.6 Å². The van der Waals surface area contributed by atoms with Crippen molar-refractivity contribution in [2.45, 2.75) is 26.3 Å². The van der Waals surface area contributed by atoms with Crippen LogP contribution in [0.1, 0.15) is 28.9 Å². The molecule has 19 heavy (non-hydrogen) atoms. The number of nitrogens with zero attached hydrogens (tertiary/aromatic N) is 3. The molecule has 0 aromatic carbocycles. The largest absolute Gasteiger partial charge is 0.389 e. The first kappa shape index (κ1) is 14.8. The second kappa shape index (κ2) is 6.74. The molecular formula is C13H22N4S2. The van der Waals surface area contributed by atoms with E-state index in [1.807, 2.05) is 0 Å². The number of thiazole rings is 1. The van der Waals surface area contributed by atoms with E-state index in [0.29, 0.717) is 4.99 Å². The smallest absolute Gasteiger partial charge is 0.116 e. The highest BCUT2D eigenvalue weighted by Gasteiger charge is 2.18. The Labute approximate surface area is 124 Å². The van der Waals surface area contributed by atoms with Crippen molar-refractivity contribution < 1.29 is 0 Å². The van der Waals surface area contributed by atoms with E-state index in [0.717, 1.165) is 61.1 Å². The molecule has 0 aliphatic carbocycles. The third kappa shape index (κ3) is 3.95. The standard InChI is InChI=1S/C13H22N4S2/c1-3-4-10-12(13(14)18)19-11(15-10)9-17-7-5-16(2)6-8-17/h3-9H2,1-2H3,(H2,14,18). The fourth-order valence-electron chi connectivity index (χ4n) is 2.26. The predicted octanol–water partition coefficient (Wildman–Crippen LogP) is 1.48. The molecule has 4 nitrogen and oxygen atoms in total. The normalized spacial score (nSPS) is 17.8. The van der Waals surface area contributed by atoms with E-state index in [9.17, 15) is 0 Å². The maximum atomic E-state index is 5.79. The van der Waals surface area contributed by atoms with Crippen LogP contribution in [0, 0.1) is 0 Å². The average Bonchev–Trinajstić information content (AvgIpc) is 2.76. The van der Waals surface area contributed by atoms with Crippen molar-refractivity contribution >= 4 is 28.5 Å². The lowest BCUT2D eigenvalue weighted by molar-refractivity contribution is 0.148. The fraction of sp³-hybridized carbons (Fsp3) is 0.692. The lowest BCUT2D eigenvalue weighted by Gasteiger charge is -2.31. The highest BCUT2D eigenvalue weighted by atomic mass is 32.1. The number of rotatable bonds is 5. The van der Waals surface area contributed by atoms with Gasteiger partial charge >= 0.3 is 0 Å². The minimum atomic E-state index is 0.491. The molecular weight excluding hydrogens is 276 g/mol. The maximum absolute atomic E-state index is 5.79. The van der Waals surface area contributed by atoms with Crippen LogP contribution in [0.25, 0.3) is 0 Å². The van der Waals surface area contributed by atoms with Crippen molar-refractivity contribution in [2.75, 3.05) is 33.2 Å². The van der Waals surface area contributed by atoms with Crippen LogP contribution in [0.5, 0.6) is 0 Å². The van der Waals surface area contributed by atoms with Crippen LogP contribution in [0.4, 0.5) is 0 Å². The highest BCUT2D eigenvalue weighted by molar-refractivity contribution is 7.81. The first-order chi connectivity index (χ1) is 9.10. The molecule has 1 saturated heterocycles. The Morgan fingerprint density at radius 3 is 2.63 bits per heavy atom. The molecule has 1 aliphatic rings. The van der Waals surface area contributed by atoms with Gasteiger partial charge in [0.05, 0.1) is 17.1 Å². The Morgan fingerprint density at radius 2 is 2.05 bits per heavy atom. The minimum absolute atomic E-state index is 0.491. The van der Waals surface area contributed by atoms with Crippen LogP contribution in [-0.4, -0.2) is 53.0 Å². The van der Waals surface area contributed by atoms with E-state index in [1.54, 1.807) is 11.3 Å². The van der Waals surface area contributed by atoms with Crippen molar-refractivity contribution in [1.29, 1.82) is 0 Å². The molecule has 1 aliphatic heterocycles. The Balaban J connectivity index is 2.04. The van der Waals surface area contributed by atoms with Gasteiger partial charge in [0.15, 0.2) is 0 Å². The van der Waals surface area contributed by atoms with E-state index in [2.05, 4.69) is 23.8 Å². The Kier molecular flexibility index (Phi) is 5.27. The van der Waals surface area contributed by atoms with Crippen molar-refractivity contribution in [1.82, 2.24) is 14.8 Å². The molecule has 1 aromatic heterocycles. The molecule has 2 heterocycles. The lowest BCUT2D eigenvalue weighted by Crippen LogP contribution is -2.43. The van der Waals surface area contributed by atoms with Gasteiger partial charge in [0.2, 0.25) is 0 Å². The predicted molar refractivity (Wildman–Crippen MR) is 84.8 cm³/mol. The van der Waals surface area contributed by atoms with E-state index in [-0.39, 0.29) is 0 Å². The topological polar surface area (TPSA) is 45.4 Å². The number of hydrogen-bond donors (Lipinski definition) is 1. The maximum Gasteiger partial charge on any atom is 0.116 e. The van der Waals surface area contributed by atoms with Gasteiger partial charge < -0.3 is 10.6 Å². The van der Waals surface area contributed by atoms with Crippen molar-refractivity contribution in [2.24, 2.45) is 5.73 Å². The van der Waals surface area contributed by atoms with Gasteiger partial charge in [0, 0.05) is 26.2 Å². The molecule has 2 rings (SSSR count). The quantitative estimate of drug-likeness (QED) is 0.834. The van der Waals surface area contributed by atoms with E-state index in [1.165, 1.54) is 0 Å². The van der Waals surface area contributed by atoms with Crippen LogP contribution in [0.2, 0.25) is 0 Å². The van der Waals surface area contributed by atoms with Gasteiger partial charge in [0.1, 0.15) is 10.00 Å². The zero-order valence-corrected chi connectivity index (χ0v) is 13.3. The third-order valence-electron chi connectivity index (χ3n) is 3.41. The molecule has 1 fully saturated rings. The number of nitrogens with two attached hydrogens (primary N) is 1. The van der Waals surface area contributed by atoms with Gasteiger partial charge in [-0.3, -0.25) is 4.90 Å². The Hall–Kier alpha value is -0.560. The van der Waals surface area contributed by atoms with E-state index < -0.39 is 0 Å². The summed E-state index contributed by atoms with van der Waals surface area (Å²) < 4.78 is 0. The molecule has 2 N–H and O–H groups in total. The number of aryl methyl sites for hydroxylation is 1. The van der Waals surface area contributed by atoms with Crippen LogP contribution in [0.3, 0.4) is 0 Å². The molecule has 6 heteroatoms. The molecule has 0 amide bonds. The summed E-state index contributed by atoms with van der Waals surface area (Å²) in [6.45, 7) is 7.58. The molecule has 0 bridgehead atoms. The summed E-state index contributed by atoms with van der Waals surface area (Å²) >= 11 is 6.79. The van der Waals surface area contributed by atoms with Gasteiger partial charge in [-0.25, -0.2) is 4.98 Å².